The molecule has 1 radical (unpaired) electrons. The van der Waals surface area contributed by atoms with Gasteiger partial charge in [-0.15, -0.1) is 11.3 Å². The number of nitrogens with zero attached hydrogens (tertiary/aromatic N) is 1. The highest BCUT2D eigenvalue weighted by atomic mass is 32.2. The molecule has 0 bridgehead atoms. The zero-order valence-electron chi connectivity index (χ0n) is 4.76. The van der Waals surface area contributed by atoms with E-state index < -0.39 is 0 Å². The minimum Gasteiger partial charge on any atom is -0.231 e. The van der Waals surface area contributed by atoms with Crippen LogP contribution in [0.25, 0.3) is 0 Å². The Balaban J connectivity index is 3.14. The number of hydrogen-bond donors (Lipinski definition) is 0. The Hall–Kier alpha value is -0.150. The van der Waals surface area contributed by atoms with Crippen molar-refractivity contribution in [2.75, 3.05) is 0 Å². The average Bonchev–Trinajstić information content (AvgIpc) is 1.85. The maximum Gasteiger partial charge on any atom is 0.181 e. The molecule has 0 saturated heterocycles. The second kappa shape index (κ2) is 1.99. The normalized spacial score (nSPS) is 9.75. The standard InChI is InChI=1S/C5H6NS2/c1-3-4(2)8-5(7)6-3/h1-2H3. The average molecular weight is 144 g/mol. The summed E-state index contributed by atoms with van der Waals surface area (Å²) in [6.07, 6.45) is 0. The summed E-state index contributed by atoms with van der Waals surface area (Å²) >= 11 is 6.40. The quantitative estimate of drug-likeness (QED) is 0.544. The molecule has 0 aromatic carbocycles. The van der Waals surface area contributed by atoms with Gasteiger partial charge in [0.2, 0.25) is 0 Å². The van der Waals surface area contributed by atoms with Gasteiger partial charge in [-0.1, -0.05) is 0 Å². The van der Waals surface area contributed by atoms with Crippen LogP contribution in [0.3, 0.4) is 0 Å². The van der Waals surface area contributed by atoms with Crippen molar-refractivity contribution in [1.29, 1.82) is 0 Å². The van der Waals surface area contributed by atoms with Gasteiger partial charge >= 0.3 is 0 Å². The van der Waals surface area contributed by atoms with Crippen molar-refractivity contribution in [2.24, 2.45) is 0 Å². The predicted octanol–water partition coefficient (Wildman–Crippen LogP) is 2.32. The molecule has 0 atom stereocenters. The van der Waals surface area contributed by atoms with Crippen LogP contribution in [-0.2, 0) is 0 Å². The summed E-state index contributed by atoms with van der Waals surface area (Å²) in [6.45, 7) is 4.00. The van der Waals surface area contributed by atoms with E-state index in [4.69, 9.17) is 12.6 Å². The minimum atomic E-state index is 0.750. The summed E-state index contributed by atoms with van der Waals surface area (Å²) in [5.41, 5.74) is 1.07. The second-order valence-corrected chi connectivity index (χ2v) is 3.47. The highest BCUT2D eigenvalue weighted by Crippen LogP contribution is 2.18. The smallest absolute Gasteiger partial charge is 0.181 e. The fraction of sp³-hybridized carbons (Fsp3) is 0.400. The first-order valence-corrected chi connectivity index (χ1v) is 3.53. The van der Waals surface area contributed by atoms with Gasteiger partial charge in [-0.05, 0) is 26.5 Å². The molecule has 0 unspecified atom stereocenters. The Bertz CT molecular complexity index is 173. The van der Waals surface area contributed by atoms with Crippen molar-refractivity contribution in [3.8, 4) is 0 Å². The lowest BCUT2D eigenvalue weighted by Crippen LogP contribution is -1.69. The van der Waals surface area contributed by atoms with E-state index in [0.29, 0.717) is 0 Å². The van der Waals surface area contributed by atoms with E-state index in [1.54, 1.807) is 11.3 Å². The van der Waals surface area contributed by atoms with Crippen LogP contribution in [0, 0.1) is 13.8 Å². The molecule has 1 rings (SSSR count). The molecule has 1 aromatic rings. The first-order valence-electron chi connectivity index (χ1n) is 2.31. The van der Waals surface area contributed by atoms with Crippen LogP contribution in [0.4, 0.5) is 0 Å². The zero-order valence-corrected chi connectivity index (χ0v) is 6.40. The maximum absolute atomic E-state index is 4.83. The predicted molar refractivity (Wildman–Crippen MR) is 37.4 cm³/mol. The molecule has 0 N–H and O–H groups in total. The Morgan fingerprint density at radius 2 is 2.12 bits per heavy atom. The van der Waals surface area contributed by atoms with Gasteiger partial charge in [0.05, 0.1) is 5.69 Å². The Kier molecular flexibility index (Phi) is 1.49. The van der Waals surface area contributed by atoms with Gasteiger partial charge in [0.15, 0.2) is 4.34 Å². The van der Waals surface area contributed by atoms with Crippen molar-refractivity contribution in [3.05, 3.63) is 10.6 Å². The van der Waals surface area contributed by atoms with Crippen molar-refractivity contribution < 1.29 is 0 Å². The van der Waals surface area contributed by atoms with Crippen molar-refractivity contribution >= 4 is 24.0 Å². The molecule has 1 nitrogen and oxygen atoms in total. The molecule has 1 aromatic heterocycles. The lowest BCUT2D eigenvalue weighted by Gasteiger charge is -1.77. The molecule has 0 aliphatic rings. The number of hydrogen-bond acceptors (Lipinski definition) is 2. The highest BCUT2D eigenvalue weighted by molar-refractivity contribution is 7.82. The molecular weight excluding hydrogens is 138 g/mol. The van der Waals surface area contributed by atoms with E-state index >= 15 is 0 Å². The molecule has 0 amide bonds. The second-order valence-electron chi connectivity index (χ2n) is 1.62. The van der Waals surface area contributed by atoms with Crippen molar-refractivity contribution in [1.82, 2.24) is 4.98 Å². The summed E-state index contributed by atoms with van der Waals surface area (Å²) in [7, 11) is 0. The van der Waals surface area contributed by atoms with Gasteiger partial charge in [0.1, 0.15) is 0 Å². The summed E-state index contributed by atoms with van der Waals surface area (Å²) in [4.78, 5) is 5.28. The molecule has 1 heterocycles. The molecule has 8 heavy (non-hydrogen) atoms. The first kappa shape index (κ1) is 5.98. The Labute approximate surface area is 58.2 Å². The van der Waals surface area contributed by atoms with E-state index in [9.17, 15) is 0 Å². The summed E-state index contributed by atoms with van der Waals surface area (Å²) in [5, 5.41) is 0. The molecule has 0 saturated carbocycles. The fourth-order valence-electron chi connectivity index (χ4n) is 0.443. The van der Waals surface area contributed by atoms with Gasteiger partial charge in [0.25, 0.3) is 0 Å². The van der Waals surface area contributed by atoms with E-state index in [1.807, 2.05) is 13.8 Å². The number of aromatic nitrogens is 1. The SMILES string of the molecule is Cc1nc([S])sc1C. The largest absolute Gasteiger partial charge is 0.231 e. The van der Waals surface area contributed by atoms with Gasteiger partial charge < -0.3 is 0 Å². The van der Waals surface area contributed by atoms with Crippen LogP contribution in [0.2, 0.25) is 0 Å². The van der Waals surface area contributed by atoms with Crippen LogP contribution >= 0.6 is 24.0 Å². The van der Waals surface area contributed by atoms with Gasteiger partial charge in [-0.3, -0.25) is 0 Å². The number of aryl methyl sites for hydroxylation is 2. The van der Waals surface area contributed by atoms with Gasteiger partial charge in [-0.2, -0.15) is 0 Å². The van der Waals surface area contributed by atoms with E-state index in [0.717, 1.165) is 10.0 Å². The first-order chi connectivity index (χ1) is 3.70. The minimum absolute atomic E-state index is 0.750. The highest BCUT2D eigenvalue weighted by Gasteiger charge is 1.97. The van der Waals surface area contributed by atoms with Gasteiger partial charge in [0, 0.05) is 4.88 Å². The molecular formula is C5H6NS2. The van der Waals surface area contributed by atoms with Crippen LogP contribution in [-0.4, -0.2) is 4.98 Å². The van der Waals surface area contributed by atoms with Crippen molar-refractivity contribution in [2.45, 2.75) is 18.2 Å². The summed E-state index contributed by atoms with van der Waals surface area (Å²) < 4.78 is 0.750. The number of rotatable bonds is 0. The third-order valence-electron chi connectivity index (χ3n) is 1.01. The molecule has 0 aliphatic heterocycles. The van der Waals surface area contributed by atoms with E-state index in [-0.39, 0.29) is 0 Å². The molecule has 3 heteroatoms. The van der Waals surface area contributed by atoms with Crippen LogP contribution in [0.15, 0.2) is 4.34 Å². The third-order valence-corrected chi connectivity index (χ3v) is 2.22. The fourth-order valence-corrected chi connectivity index (χ4v) is 1.59. The van der Waals surface area contributed by atoms with E-state index in [1.165, 1.54) is 4.88 Å². The van der Waals surface area contributed by atoms with Crippen LogP contribution < -0.4 is 0 Å². The van der Waals surface area contributed by atoms with E-state index in [2.05, 4.69) is 4.98 Å². The Morgan fingerprint density at radius 1 is 1.50 bits per heavy atom. The topological polar surface area (TPSA) is 12.9 Å². The van der Waals surface area contributed by atoms with Gasteiger partial charge in [-0.25, -0.2) is 4.98 Å². The summed E-state index contributed by atoms with van der Waals surface area (Å²) in [5.74, 6) is 0. The molecule has 0 spiro atoms. The third kappa shape index (κ3) is 0.980. The maximum atomic E-state index is 4.83. The summed E-state index contributed by atoms with van der Waals surface area (Å²) in [6, 6.07) is 0. The lowest BCUT2D eigenvalue weighted by atomic mass is 10.4. The Morgan fingerprint density at radius 3 is 2.25 bits per heavy atom. The molecule has 43 valence electrons. The zero-order chi connectivity index (χ0) is 6.15. The molecule has 0 aliphatic carbocycles. The lowest BCUT2D eigenvalue weighted by molar-refractivity contribution is 1.15. The number of thiazole rings is 1. The van der Waals surface area contributed by atoms with Crippen LogP contribution in [0.5, 0.6) is 0 Å². The van der Waals surface area contributed by atoms with Crippen LogP contribution in [0.1, 0.15) is 10.6 Å². The monoisotopic (exact) mass is 144 g/mol. The van der Waals surface area contributed by atoms with Crippen molar-refractivity contribution in [3.63, 3.8) is 0 Å². The molecule has 0 fully saturated rings.